The van der Waals surface area contributed by atoms with Crippen molar-refractivity contribution in [1.29, 1.82) is 0 Å². The molecular weight excluding hydrogens is 415 g/mol. The first kappa shape index (κ1) is 25.3. The average Bonchev–Trinajstić information content (AvgIpc) is 2.11. The second-order valence-corrected chi connectivity index (χ2v) is 3.11. The number of hydrogen-bond donors (Lipinski definition) is 2. The fourth-order valence-corrected chi connectivity index (χ4v) is 1.13. The summed E-state index contributed by atoms with van der Waals surface area (Å²) in [6.07, 6.45) is 4.25. The first-order chi connectivity index (χ1) is 6.45. The number of nitrogens with one attached hydrogen (secondary N) is 2. The smallest absolute Gasteiger partial charge is 0.676 e. The molecule has 8 N–H and O–H groups in total. The second kappa shape index (κ2) is 13.5. The summed E-state index contributed by atoms with van der Waals surface area (Å²) < 4.78 is 0. The van der Waals surface area contributed by atoms with Crippen LogP contribution in [0, 0.1) is 0 Å². The van der Waals surface area contributed by atoms with Crippen LogP contribution in [0.3, 0.4) is 0 Å². The predicted octanol–water partition coefficient (Wildman–Crippen LogP) is -0.0943. The van der Waals surface area contributed by atoms with Crippen LogP contribution >= 0.6 is 0 Å². The normalized spacial score (nSPS) is 21.3. The van der Waals surface area contributed by atoms with E-state index in [1.807, 2.05) is 0 Å². The summed E-state index contributed by atoms with van der Waals surface area (Å²) in [5, 5.41) is 14.8. The van der Waals surface area contributed by atoms with Crippen LogP contribution < -0.4 is 0 Å². The van der Waals surface area contributed by atoms with E-state index in [1.54, 1.807) is 0 Å². The molecule has 0 aromatic heterocycles. The maximum Gasteiger partial charge on any atom is 2.00 e. The summed E-state index contributed by atoms with van der Waals surface area (Å²) in [4.78, 5) is 18.2. The molecule has 0 aliphatic heterocycles. The Morgan fingerprint density at radius 2 is 1.12 bits per heavy atom. The van der Waals surface area contributed by atoms with Crippen molar-refractivity contribution in [3.05, 3.63) is 11.5 Å². The van der Waals surface area contributed by atoms with Gasteiger partial charge in [0, 0.05) is 0 Å². The third-order valence-corrected chi connectivity index (χ3v) is 1.95. The van der Waals surface area contributed by atoms with Crippen molar-refractivity contribution in [2.24, 2.45) is 0 Å². The van der Waals surface area contributed by atoms with Crippen LogP contribution in [0.5, 0.6) is 0 Å². The number of hydrogen-bond acceptors (Lipinski definition) is 2. The molecule has 0 bridgehead atoms. The minimum atomic E-state index is -1.82. The van der Waals surface area contributed by atoms with Crippen molar-refractivity contribution >= 4 is 11.9 Å². The molecule has 0 amide bonds. The van der Waals surface area contributed by atoms with E-state index in [0.717, 1.165) is 12.8 Å². The standard InChI is InChI=1S/C6H12N2.C2H2O4.2H2O.Pt/c7-5-3-1-2-4-6(5)8;3-1(4)2(5)6;;;/h5-8H,1-4H2;(H,3,4)(H,5,6);2*1H2;/q-2;;;;+2. The van der Waals surface area contributed by atoms with E-state index in [9.17, 15) is 0 Å². The zero-order valence-electron chi connectivity index (χ0n) is 9.01. The topological polar surface area (TPSA) is 185 Å². The molecule has 17 heavy (non-hydrogen) atoms. The van der Waals surface area contributed by atoms with E-state index in [4.69, 9.17) is 31.3 Å². The van der Waals surface area contributed by atoms with Gasteiger partial charge in [-0.25, -0.2) is 9.59 Å². The largest absolute Gasteiger partial charge is 2.00 e. The predicted molar refractivity (Wildman–Crippen MR) is 57.2 cm³/mol. The fraction of sp³-hybridized carbons (Fsp3) is 0.750. The molecular formula is C8H18N2O6Pt. The molecule has 9 heteroatoms. The quantitative estimate of drug-likeness (QED) is 0.506. The van der Waals surface area contributed by atoms with Crippen LogP contribution in [0.25, 0.3) is 11.5 Å². The van der Waals surface area contributed by atoms with Gasteiger partial charge in [-0.1, -0.05) is 25.7 Å². The van der Waals surface area contributed by atoms with Gasteiger partial charge in [0.1, 0.15) is 0 Å². The van der Waals surface area contributed by atoms with Gasteiger partial charge in [-0.15, -0.1) is 0 Å². The maximum atomic E-state index is 9.10. The Labute approximate surface area is 113 Å². The Morgan fingerprint density at radius 1 is 0.882 bits per heavy atom. The molecule has 0 aromatic carbocycles. The van der Waals surface area contributed by atoms with Crippen LogP contribution in [0.1, 0.15) is 25.7 Å². The van der Waals surface area contributed by atoms with Gasteiger partial charge in [0.15, 0.2) is 0 Å². The Hall–Kier alpha value is -0.532. The van der Waals surface area contributed by atoms with Gasteiger partial charge in [-0.2, -0.15) is 12.1 Å². The van der Waals surface area contributed by atoms with Gasteiger partial charge in [0.05, 0.1) is 0 Å². The van der Waals surface area contributed by atoms with E-state index < -0.39 is 11.9 Å². The number of carbonyl (C=O) groups is 2. The molecule has 1 aliphatic rings. The van der Waals surface area contributed by atoms with Crippen LogP contribution in [0.4, 0.5) is 0 Å². The first-order valence-corrected chi connectivity index (χ1v) is 4.33. The van der Waals surface area contributed by atoms with Crippen molar-refractivity contribution in [1.82, 2.24) is 0 Å². The van der Waals surface area contributed by atoms with Gasteiger partial charge >= 0.3 is 33.0 Å². The Balaban J connectivity index is -0.0000000873. The molecule has 0 aromatic rings. The summed E-state index contributed by atoms with van der Waals surface area (Å²) >= 11 is 0. The van der Waals surface area contributed by atoms with Gasteiger partial charge in [0.2, 0.25) is 0 Å². The molecule has 0 spiro atoms. The number of carboxylic acid groups (broad SMARTS) is 2. The van der Waals surface area contributed by atoms with Gasteiger partial charge in [-0.05, 0) is 0 Å². The van der Waals surface area contributed by atoms with Crippen LogP contribution in [0.2, 0.25) is 0 Å². The third-order valence-electron chi connectivity index (χ3n) is 1.95. The fourth-order valence-electron chi connectivity index (χ4n) is 1.13. The minimum absolute atomic E-state index is 0. The number of rotatable bonds is 0. The summed E-state index contributed by atoms with van der Waals surface area (Å²) in [5.41, 5.74) is 14.6. The zero-order chi connectivity index (χ0) is 11.1. The summed E-state index contributed by atoms with van der Waals surface area (Å²) in [7, 11) is 0. The molecule has 0 radical (unpaired) electrons. The Morgan fingerprint density at radius 3 is 1.24 bits per heavy atom. The first-order valence-electron chi connectivity index (χ1n) is 4.33. The molecule has 1 saturated carbocycles. The molecule has 106 valence electrons. The molecule has 0 heterocycles. The minimum Gasteiger partial charge on any atom is -0.676 e. The SMILES string of the molecule is O.O.O=C(O)C(=O)O.[NH-]C1CCCCC1[NH-].[Pt+2]. The van der Waals surface area contributed by atoms with Crippen LogP contribution in [-0.2, 0) is 30.7 Å². The summed E-state index contributed by atoms with van der Waals surface area (Å²) in [6.45, 7) is 0. The van der Waals surface area contributed by atoms with Crippen molar-refractivity contribution in [2.75, 3.05) is 0 Å². The summed E-state index contributed by atoms with van der Waals surface area (Å²) in [5.74, 6) is -3.65. The van der Waals surface area contributed by atoms with E-state index in [2.05, 4.69) is 0 Å². The zero-order valence-corrected chi connectivity index (χ0v) is 11.3. The van der Waals surface area contributed by atoms with Gasteiger partial charge in [0.25, 0.3) is 0 Å². The molecule has 0 saturated heterocycles. The molecule has 2 atom stereocenters. The molecule has 1 rings (SSSR count). The van der Waals surface area contributed by atoms with Crippen molar-refractivity contribution < 1.29 is 51.8 Å². The van der Waals surface area contributed by atoms with E-state index in [0.29, 0.717) is 0 Å². The number of aliphatic carboxylic acids is 2. The number of carboxylic acids is 2. The van der Waals surface area contributed by atoms with Gasteiger partial charge in [-0.3, -0.25) is 0 Å². The van der Waals surface area contributed by atoms with E-state index >= 15 is 0 Å². The van der Waals surface area contributed by atoms with E-state index in [1.165, 1.54) is 12.8 Å². The van der Waals surface area contributed by atoms with Gasteiger partial charge < -0.3 is 32.6 Å². The molecule has 2 unspecified atom stereocenters. The van der Waals surface area contributed by atoms with Crippen LogP contribution in [-0.4, -0.2) is 45.2 Å². The third kappa shape index (κ3) is 13.4. The Bertz CT molecular complexity index is 194. The molecule has 8 nitrogen and oxygen atoms in total. The van der Waals surface area contributed by atoms with Crippen molar-refractivity contribution in [3.8, 4) is 0 Å². The second-order valence-electron chi connectivity index (χ2n) is 3.11. The maximum absolute atomic E-state index is 9.10. The van der Waals surface area contributed by atoms with E-state index in [-0.39, 0.29) is 44.1 Å². The summed E-state index contributed by atoms with van der Waals surface area (Å²) in [6, 6.07) is -0.160. The monoisotopic (exact) mass is 433 g/mol. The van der Waals surface area contributed by atoms with Crippen LogP contribution in [0.15, 0.2) is 0 Å². The molecule has 1 aliphatic carbocycles. The van der Waals surface area contributed by atoms with Crippen molar-refractivity contribution in [3.63, 3.8) is 0 Å². The average molecular weight is 433 g/mol. The molecule has 1 fully saturated rings. The Kier molecular flexibility index (Phi) is 20.2. The van der Waals surface area contributed by atoms with Crippen molar-refractivity contribution in [2.45, 2.75) is 37.8 Å².